The van der Waals surface area contributed by atoms with Crippen molar-refractivity contribution in [2.24, 2.45) is 5.73 Å². The molecule has 4 N–H and O–H groups in total. The van der Waals surface area contributed by atoms with Gasteiger partial charge >= 0.3 is 6.09 Å². The van der Waals surface area contributed by atoms with Crippen molar-refractivity contribution in [3.8, 4) is 0 Å². The topological polar surface area (TPSA) is 102 Å². The fourth-order valence-corrected chi connectivity index (χ4v) is 4.53. The summed E-state index contributed by atoms with van der Waals surface area (Å²) in [5.41, 5.74) is 13.3. The average Bonchev–Trinajstić information content (AvgIpc) is 3.36. The van der Waals surface area contributed by atoms with Gasteiger partial charge < -0.3 is 21.1 Å². The van der Waals surface area contributed by atoms with Gasteiger partial charge in [-0.25, -0.2) is 9.78 Å². The predicted molar refractivity (Wildman–Crippen MR) is 120 cm³/mol. The molecular weight excluding hydrogens is 390 g/mol. The van der Waals surface area contributed by atoms with E-state index in [1.54, 1.807) is 0 Å². The summed E-state index contributed by atoms with van der Waals surface area (Å²) in [6.45, 7) is 2.00. The minimum Gasteiger partial charge on any atom is -0.446 e. The molecule has 3 aromatic rings. The Bertz CT molecular complexity index is 1160. The summed E-state index contributed by atoms with van der Waals surface area (Å²) in [5, 5.41) is 6.81. The number of anilines is 4. The number of aryl methyl sites for hydroxylation is 2. The van der Waals surface area contributed by atoms with E-state index in [0.29, 0.717) is 18.8 Å². The molecule has 0 bridgehead atoms. The second kappa shape index (κ2) is 7.91. The lowest BCUT2D eigenvalue weighted by Crippen LogP contribution is -2.22. The molecule has 1 amide bonds. The molecular formula is C24H25N5O2. The molecule has 0 saturated carbocycles. The number of rotatable bonds is 5. The molecule has 7 heteroatoms. The van der Waals surface area contributed by atoms with E-state index in [-0.39, 0.29) is 6.10 Å². The van der Waals surface area contributed by atoms with E-state index in [1.165, 1.54) is 23.1 Å². The summed E-state index contributed by atoms with van der Waals surface area (Å²) >= 11 is 0. The van der Waals surface area contributed by atoms with Crippen LogP contribution in [0.1, 0.15) is 34.2 Å². The first-order valence-electron chi connectivity index (χ1n) is 10.6. The largest absolute Gasteiger partial charge is 0.446 e. The first-order valence-corrected chi connectivity index (χ1v) is 10.6. The van der Waals surface area contributed by atoms with Crippen molar-refractivity contribution < 1.29 is 9.53 Å². The lowest BCUT2D eigenvalue weighted by Gasteiger charge is -2.14. The van der Waals surface area contributed by atoms with Crippen molar-refractivity contribution in [1.82, 2.24) is 9.97 Å². The maximum atomic E-state index is 11.0. The second-order valence-electron chi connectivity index (χ2n) is 8.22. The van der Waals surface area contributed by atoms with Crippen molar-refractivity contribution in [3.63, 3.8) is 0 Å². The summed E-state index contributed by atoms with van der Waals surface area (Å²) in [7, 11) is 0. The molecule has 7 nitrogen and oxygen atoms in total. The number of aromatic nitrogens is 2. The highest BCUT2D eigenvalue weighted by atomic mass is 16.6. The predicted octanol–water partition coefficient (Wildman–Crippen LogP) is 4.32. The van der Waals surface area contributed by atoms with E-state index in [9.17, 15) is 4.79 Å². The molecule has 1 heterocycles. The van der Waals surface area contributed by atoms with E-state index in [4.69, 9.17) is 15.5 Å². The number of carbonyl (C=O) groups is 1. The molecule has 0 fully saturated rings. The third kappa shape index (κ3) is 4.03. The molecule has 0 saturated heterocycles. The van der Waals surface area contributed by atoms with Gasteiger partial charge in [0, 0.05) is 36.0 Å². The number of amides is 1. The number of hydrogen-bond donors (Lipinski definition) is 3. The highest BCUT2D eigenvalue weighted by Crippen LogP contribution is 2.32. The van der Waals surface area contributed by atoms with E-state index in [2.05, 4.69) is 39.9 Å². The molecule has 1 atom stereocenters. The van der Waals surface area contributed by atoms with Crippen molar-refractivity contribution in [3.05, 3.63) is 70.4 Å². The molecule has 2 aliphatic carbocycles. The minimum atomic E-state index is -0.728. The van der Waals surface area contributed by atoms with Gasteiger partial charge in [-0.05, 0) is 66.6 Å². The lowest BCUT2D eigenvalue weighted by molar-refractivity contribution is 0.112. The highest BCUT2D eigenvalue weighted by molar-refractivity contribution is 5.67. The first-order chi connectivity index (χ1) is 15.0. The van der Waals surface area contributed by atoms with Crippen LogP contribution < -0.4 is 16.4 Å². The van der Waals surface area contributed by atoms with Gasteiger partial charge in [-0.2, -0.15) is 4.98 Å². The molecule has 0 radical (unpaired) electrons. The zero-order chi connectivity index (χ0) is 21.4. The number of ether oxygens (including phenoxy) is 1. The molecule has 158 valence electrons. The lowest BCUT2D eigenvalue weighted by atomic mass is 10.1. The van der Waals surface area contributed by atoms with Gasteiger partial charge in [0.2, 0.25) is 5.95 Å². The van der Waals surface area contributed by atoms with Crippen LogP contribution in [0.25, 0.3) is 0 Å². The van der Waals surface area contributed by atoms with Crippen LogP contribution in [0.2, 0.25) is 0 Å². The normalized spacial score (nSPS) is 16.5. The smallest absolute Gasteiger partial charge is 0.404 e. The monoisotopic (exact) mass is 415 g/mol. The second-order valence-corrected chi connectivity index (χ2v) is 8.22. The van der Waals surface area contributed by atoms with Gasteiger partial charge in [0.1, 0.15) is 11.9 Å². The van der Waals surface area contributed by atoms with Crippen molar-refractivity contribution in [2.75, 3.05) is 10.6 Å². The zero-order valence-electron chi connectivity index (χ0n) is 17.4. The fourth-order valence-electron chi connectivity index (χ4n) is 4.53. The number of hydrogen-bond acceptors (Lipinski definition) is 6. The minimum absolute atomic E-state index is 0.193. The van der Waals surface area contributed by atoms with Gasteiger partial charge in [-0.15, -0.1) is 0 Å². The Morgan fingerprint density at radius 1 is 1.10 bits per heavy atom. The number of primary amides is 1. The third-order valence-corrected chi connectivity index (χ3v) is 6.01. The van der Waals surface area contributed by atoms with E-state index in [0.717, 1.165) is 41.2 Å². The molecule has 0 aliphatic heterocycles. The summed E-state index contributed by atoms with van der Waals surface area (Å²) < 4.78 is 5.15. The molecule has 2 aliphatic rings. The third-order valence-electron chi connectivity index (χ3n) is 6.01. The Labute approximate surface area is 181 Å². The van der Waals surface area contributed by atoms with Crippen LogP contribution in [0, 0.1) is 6.92 Å². The summed E-state index contributed by atoms with van der Waals surface area (Å²) in [6, 6.07) is 12.5. The van der Waals surface area contributed by atoms with Crippen LogP contribution >= 0.6 is 0 Å². The fraction of sp³-hybridized carbons (Fsp3) is 0.292. The number of benzene rings is 2. The van der Waals surface area contributed by atoms with Gasteiger partial charge in [0.15, 0.2) is 0 Å². The number of nitrogens with one attached hydrogen (secondary N) is 2. The van der Waals surface area contributed by atoms with E-state index < -0.39 is 6.09 Å². The van der Waals surface area contributed by atoms with Crippen LogP contribution in [-0.2, 0) is 30.4 Å². The molecule has 1 aromatic heterocycles. The molecule has 5 rings (SSSR count). The summed E-state index contributed by atoms with van der Waals surface area (Å²) in [5.74, 6) is 1.33. The highest BCUT2D eigenvalue weighted by Gasteiger charge is 2.24. The molecule has 2 aromatic carbocycles. The SMILES string of the molecule is Cc1cnc(Nc2ccc3c(c2)C[C@@H](OC(N)=O)C3)nc1Nc1cccc2c1CCC2. The maximum Gasteiger partial charge on any atom is 0.404 e. The van der Waals surface area contributed by atoms with Gasteiger partial charge in [0.25, 0.3) is 0 Å². The van der Waals surface area contributed by atoms with Crippen molar-refractivity contribution in [1.29, 1.82) is 0 Å². The molecule has 0 spiro atoms. The molecule has 31 heavy (non-hydrogen) atoms. The van der Waals surface area contributed by atoms with E-state index >= 15 is 0 Å². The van der Waals surface area contributed by atoms with Crippen molar-refractivity contribution >= 4 is 29.2 Å². The van der Waals surface area contributed by atoms with Crippen LogP contribution in [0.3, 0.4) is 0 Å². The van der Waals surface area contributed by atoms with Crippen molar-refractivity contribution in [2.45, 2.75) is 45.1 Å². The Morgan fingerprint density at radius 2 is 1.97 bits per heavy atom. The Balaban J connectivity index is 1.34. The Hall–Kier alpha value is -3.61. The quantitative estimate of drug-likeness (QED) is 0.573. The average molecular weight is 415 g/mol. The standard InChI is InChI=1S/C24H25N5O2/c1-14-13-26-24(29-22(14)28-21-7-3-5-15-4-2-6-20(15)21)27-18-9-8-16-11-19(31-23(25)30)12-17(16)10-18/h3,5,7-10,13,19H,2,4,6,11-12H2,1H3,(H2,25,30)(H2,26,27,28,29)/t19-/m0/s1. The van der Waals surface area contributed by atoms with Crippen LogP contribution in [0.5, 0.6) is 0 Å². The number of nitrogens with zero attached hydrogens (tertiary/aromatic N) is 2. The zero-order valence-corrected chi connectivity index (χ0v) is 17.4. The number of nitrogens with two attached hydrogens (primary N) is 1. The van der Waals surface area contributed by atoms with E-state index in [1.807, 2.05) is 25.3 Å². The van der Waals surface area contributed by atoms with Gasteiger partial charge in [-0.1, -0.05) is 18.2 Å². The maximum absolute atomic E-state index is 11.0. The van der Waals surface area contributed by atoms with Gasteiger partial charge in [-0.3, -0.25) is 0 Å². The number of carbonyl (C=O) groups excluding carboxylic acids is 1. The van der Waals surface area contributed by atoms with Crippen LogP contribution in [0.4, 0.5) is 27.9 Å². The summed E-state index contributed by atoms with van der Waals surface area (Å²) in [4.78, 5) is 20.2. The number of fused-ring (bicyclic) bond motifs is 2. The van der Waals surface area contributed by atoms with Crippen LogP contribution in [0.15, 0.2) is 42.6 Å². The first kappa shape index (κ1) is 19.4. The molecule has 0 unspecified atom stereocenters. The Kier molecular flexibility index (Phi) is 4.94. The Morgan fingerprint density at radius 3 is 2.84 bits per heavy atom. The summed E-state index contributed by atoms with van der Waals surface area (Å²) in [6.07, 6.45) is 5.70. The van der Waals surface area contributed by atoms with Crippen LogP contribution in [-0.4, -0.2) is 22.2 Å². The van der Waals surface area contributed by atoms with Gasteiger partial charge in [0.05, 0.1) is 0 Å².